The lowest BCUT2D eigenvalue weighted by molar-refractivity contribution is 1.32. The van der Waals surface area contributed by atoms with Crippen molar-refractivity contribution in [2.24, 2.45) is 0 Å². The second kappa shape index (κ2) is 4.81. The summed E-state index contributed by atoms with van der Waals surface area (Å²) in [6.45, 7) is 3.77. The first-order valence-corrected chi connectivity index (χ1v) is 5.27. The maximum absolute atomic E-state index is 6.04. The van der Waals surface area contributed by atoms with Crippen LogP contribution in [0.3, 0.4) is 0 Å². The van der Waals surface area contributed by atoms with Crippen molar-refractivity contribution in [2.45, 2.75) is 0 Å². The minimum absolute atomic E-state index is 0.647. The number of benzene rings is 1. The van der Waals surface area contributed by atoms with Gasteiger partial charge >= 0.3 is 0 Å². The molecule has 0 bridgehead atoms. The average Bonchev–Trinajstić information content (AvgIpc) is 2.33. The molecular weight excluding hydrogens is 220 g/mol. The lowest BCUT2D eigenvalue weighted by Crippen LogP contribution is -1.93. The molecule has 2 rings (SSSR count). The molecule has 0 saturated heterocycles. The fraction of sp³-hybridized carbons (Fsp3) is 0. The summed E-state index contributed by atoms with van der Waals surface area (Å²) in [7, 11) is 0. The van der Waals surface area contributed by atoms with Crippen LogP contribution in [0.2, 0.25) is 5.02 Å². The van der Waals surface area contributed by atoms with E-state index in [1.807, 2.05) is 24.3 Å². The number of hydrogen-bond donors (Lipinski definition) is 1. The van der Waals surface area contributed by atoms with Crippen molar-refractivity contribution in [1.82, 2.24) is 4.98 Å². The van der Waals surface area contributed by atoms with Crippen LogP contribution < -0.4 is 5.32 Å². The van der Waals surface area contributed by atoms with Crippen molar-refractivity contribution in [2.75, 3.05) is 5.32 Å². The van der Waals surface area contributed by atoms with Crippen molar-refractivity contribution < 1.29 is 0 Å². The topological polar surface area (TPSA) is 24.9 Å². The third-order valence-corrected chi connectivity index (χ3v) is 2.55. The molecular formula is C13H11ClN2. The van der Waals surface area contributed by atoms with Crippen LogP contribution in [0.15, 0.2) is 49.3 Å². The van der Waals surface area contributed by atoms with Crippen molar-refractivity contribution in [3.05, 3.63) is 59.9 Å². The van der Waals surface area contributed by atoms with Crippen molar-refractivity contribution in [3.63, 3.8) is 0 Å². The lowest BCUT2D eigenvalue weighted by Gasteiger charge is -2.10. The number of nitrogens with one attached hydrogen (secondary N) is 1. The molecule has 0 saturated carbocycles. The molecule has 0 fully saturated rings. The first-order valence-electron chi connectivity index (χ1n) is 4.89. The molecule has 1 aromatic carbocycles. The summed E-state index contributed by atoms with van der Waals surface area (Å²) >= 11 is 6.04. The number of halogens is 1. The van der Waals surface area contributed by atoms with Crippen LogP contribution in [0.25, 0.3) is 6.08 Å². The van der Waals surface area contributed by atoms with E-state index in [4.69, 9.17) is 11.6 Å². The van der Waals surface area contributed by atoms with Crippen LogP contribution in [0, 0.1) is 0 Å². The summed E-state index contributed by atoms with van der Waals surface area (Å²) in [6.07, 6.45) is 5.15. The number of nitrogens with zero attached hydrogens (tertiary/aromatic N) is 1. The van der Waals surface area contributed by atoms with E-state index in [0.717, 1.165) is 16.9 Å². The highest BCUT2D eigenvalue weighted by molar-refractivity contribution is 6.33. The Morgan fingerprint density at radius 2 is 2.00 bits per heavy atom. The summed E-state index contributed by atoms with van der Waals surface area (Å²) in [5, 5.41) is 3.87. The third-order valence-electron chi connectivity index (χ3n) is 2.22. The maximum atomic E-state index is 6.04. The van der Waals surface area contributed by atoms with Gasteiger partial charge < -0.3 is 5.32 Å². The minimum atomic E-state index is 0.647. The molecule has 0 amide bonds. The van der Waals surface area contributed by atoms with E-state index in [9.17, 15) is 0 Å². The normalized spacial score (nSPS) is 9.81. The van der Waals surface area contributed by atoms with E-state index < -0.39 is 0 Å². The average molecular weight is 231 g/mol. The standard InChI is InChI=1S/C13H11ClN2/c1-2-10-5-3-4-6-12(10)16-13-9-15-8-7-11(13)14/h2-9,16H,1H2. The zero-order valence-corrected chi connectivity index (χ0v) is 9.41. The van der Waals surface area contributed by atoms with Gasteiger partial charge in [-0.25, -0.2) is 0 Å². The van der Waals surface area contributed by atoms with Gasteiger partial charge in [0.25, 0.3) is 0 Å². The Hall–Kier alpha value is -1.80. The second-order valence-corrected chi connectivity index (χ2v) is 3.68. The molecule has 80 valence electrons. The number of anilines is 2. The molecule has 0 aliphatic heterocycles. The summed E-state index contributed by atoms with van der Waals surface area (Å²) in [5.41, 5.74) is 2.79. The van der Waals surface area contributed by atoms with Crippen LogP contribution in [-0.2, 0) is 0 Å². The fourth-order valence-electron chi connectivity index (χ4n) is 1.40. The number of aromatic nitrogens is 1. The fourth-order valence-corrected chi connectivity index (χ4v) is 1.56. The van der Waals surface area contributed by atoms with Gasteiger partial charge in [0.15, 0.2) is 0 Å². The summed E-state index contributed by atoms with van der Waals surface area (Å²) < 4.78 is 0. The molecule has 0 unspecified atom stereocenters. The Bertz CT molecular complexity index is 509. The zero-order valence-electron chi connectivity index (χ0n) is 8.65. The van der Waals surface area contributed by atoms with E-state index in [2.05, 4.69) is 16.9 Å². The minimum Gasteiger partial charge on any atom is -0.353 e. The number of rotatable bonds is 3. The Morgan fingerprint density at radius 1 is 1.19 bits per heavy atom. The molecule has 1 N–H and O–H groups in total. The molecule has 0 aliphatic carbocycles. The Labute approximate surface area is 99.6 Å². The van der Waals surface area contributed by atoms with Gasteiger partial charge in [-0.05, 0) is 17.7 Å². The molecule has 1 aromatic heterocycles. The Kier molecular flexibility index (Phi) is 3.22. The van der Waals surface area contributed by atoms with Crippen LogP contribution in [-0.4, -0.2) is 4.98 Å². The van der Waals surface area contributed by atoms with E-state index in [0.29, 0.717) is 5.02 Å². The van der Waals surface area contributed by atoms with Crippen LogP contribution in [0.4, 0.5) is 11.4 Å². The molecule has 1 heterocycles. The summed E-state index contributed by atoms with van der Waals surface area (Å²) in [5.74, 6) is 0. The molecule has 3 heteroatoms. The van der Waals surface area contributed by atoms with Gasteiger partial charge in [0, 0.05) is 11.9 Å². The van der Waals surface area contributed by atoms with Crippen molar-refractivity contribution >= 4 is 29.1 Å². The van der Waals surface area contributed by atoms with E-state index in [-0.39, 0.29) is 0 Å². The quantitative estimate of drug-likeness (QED) is 0.858. The van der Waals surface area contributed by atoms with Gasteiger partial charge in [-0.2, -0.15) is 0 Å². The molecule has 0 atom stereocenters. The van der Waals surface area contributed by atoms with Gasteiger partial charge in [0.2, 0.25) is 0 Å². The molecule has 2 aromatic rings. The Morgan fingerprint density at radius 3 is 2.75 bits per heavy atom. The maximum Gasteiger partial charge on any atom is 0.0760 e. The predicted molar refractivity (Wildman–Crippen MR) is 69.1 cm³/mol. The molecule has 16 heavy (non-hydrogen) atoms. The van der Waals surface area contributed by atoms with Crippen LogP contribution >= 0.6 is 11.6 Å². The lowest BCUT2D eigenvalue weighted by atomic mass is 10.1. The van der Waals surface area contributed by atoms with E-state index in [1.54, 1.807) is 24.5 Å². The van der Waals surface area contributed by atoms with Gasteiger partial charge in [-0.3, -0.25) is 4.98 Å². The monoisotopic (exact) mass is 230 g/mol. The first-order chi connectivity index (χ1) is 7.81. The zero-order chi connectivity index (χ0) is 11.4. The highest BCUT2D eigenvalue weighted by atomic mass is 35.5. The second-order valence-electron chi connectivity index (χ2n) is 3.27. The molecule has 0 spiro atoms. The smallest absolute Gasteiger partial charge is 0.0760 e. The predicted octanol–water partition coefficient (Wildman–Crippen LogP) is 4.12. The van der Waals surface area contributed by atoms with Crippen LogP contribution in [0.5, 0.6) is 0 Å². The van der Waals surface area contributed by atoms with Crippen molar-refractivity contribution in [1.29, 1.82) is 0 Å². The number of pyridine rings is 1. The number of hydrogen-bond acceptors (Lipinski definition) is 2. The van der Waals surface area contributed by atoms with Crippen LogP contribution in [0.1, 0.15) is 5.56 Å². The molecule has 0 radical (unpaired) electrons. The summed E-state index contributed by atoms with van der Waals surface area (Å²) in [4.78, 5) is 4.02. The van der Waals surface area contributed by atoms with Gasteiger partial charge in [-0.15, -0.1) is 0 Å². The van der Waals surface area contributed by atoms with Gasteiger partial charge in [0.05, 0.1) is 16.9 Å². The molecule has 0 aliphatic rings. The third kappa shape index (κ3) is 2.23. The first kappa shape index (κ1) is 10.7. The Balaban J connectivity index is 2.34. The SMILES string of the molecule is C=Cc1ccccc1Nc1cnccc1Cl. The number of para-hydroxylation sites is 1. The highest BCUT2D eigenvalue weighted by Gasteiger charge is 2.02. The van der Waals surface area contributed by atoms with Gasteiger partial charge in [0.1, 0.15) is 0 Å². The largest absolute Gasteiger partial charge is 0.353 e. The van der Waals surface area contributed by atoms with Gasteiger partial charge in [-0.1, -0.05) is 42.5 Å². The summed E-state index contributed by atoms with van der Waals surface area (Å²) in [6, 6.07) is 9.63. The molecule has 2 nitrogen and oxygen atoms in total. The highest BCUT2D eigenvalue weighted by Crippen LogP contribution is 2.26. The van der Waals surface area contributed by atoms with E-state index >= 15 is 0 Å². The van der Waals surface area contributed by atoms with Crippen molar-refractivity contribution in [3.8, 4) is 0 Å². The van der Waals surface area contributed by atoms with E-state index in [1.165, 1.54) is 0 Å².